The van der Waals surface area contributed by atoms with E-state index in [0.717, 1.165) is 22.3 Å². The maximum atomic E-state index is 10.0. The molecule has 0 spiro atoms. The Morgan fingerprint density at radius 1 is 1.17 bits per heavy atom. The van der Waals surface area contributed by atoms with Gasteiger partial charge >= 0.3 is 0 Å². The minimum absolute atomic E-state index is 0.281. The highest BCUT2D eigenvalue weighted by Crippen LogP contribution is 2.26. The molecule has 6 heteroatoms. The second kappa shape index (κ2) is 7.33. The van der Waals surface area contributed by atoms with E-state index in [2.05, 4.69) is 9.97 Å². The summed E-state index contributed by atoms with van der Waals surface area (Å²) >= 11 is 0. The molecular weight excluding hydrogens is 304 g/mol. The summed E-state index contributed by atoms with van der Waals surface area (Å²) in [7, 11) is 3.48. The van der Waals surface area contributed by atoms with E-state index in [1.807, 2.05) is 48.3 Å². The van der Waals surface area contributed by atoms with Crippen molar-refractivity contribution in [2.45, 2.75) is 6.10 Å². The Morgan fingerprint density at radius 3 is 2.75 bits per heavy atom. The van der Waals surface area contributed by atoms with Crippen LogP contribution in [0.1, 0.15) is 0 Å². The van der Waals surface area contributed by atoms with Crippen LogP contribution in [-0.4, -0.2) is 53.5 Å². The van der Waals surface area contributed by atoms with Gasteiger partial charge in [-0.3, -0.25) is 4.98 Å². The zero-order valence-corrected chi connectivity index (χ0v) is 13.8. The lowest BCUT2D eigenvalue weighted by atomic mass is 10.2. The van der Waals surface area contributed by atoms with Crippen LogP contribution in [0.25, 0.3) is 22.3 Å². The molecule has 1 N–H and O–H groups in total. The molecule has 124 valence electrons. The number of anilines is 1. The molecule has 0 aliphatic heterocycles. The number of aliphatic hydroxyl groups excluding tert-OH is 1. The molecule has 0 amide bonds. The van der Waals surface area contributed by atoms with Crippen molar-refractivity contribution in [1.29, 1.82) is 0 Å². The van der Waals surface area contributed by atoms with E-state index in [0.29, 0.717) is 12.4 Å². The molecule has 2 heterocycles. The van der Waals surface area contributed by atoms with Crippen molar-refractivity contribution in [3.05, 3.63) is 48.8 Å². The molecule has 3 aromatic rings. The van der Waals surface area contributed by atoms with Crippen molar-refractivity contribution in [3.63, 3.8) is 0 Å². The van der Waals surface area contributed by atoms with Gasteiger partial charge in [0.2, 0.25) is 0 Å². The van der Waals surface area contributed by atoms with E-state index in [9.17, 15) is 5.11 Å². The van der Waals surface area contributed by atoms with E-state index >= 15 is 0 Å². The highest BCUT2D eigenvalue weighted by atomic mass is 16.5. The molecule has 0 aliphatic carbocycles. The van der Waals surface area contributed by atoms with E-state index in [1.165, 1.54) is 0 Å². The van der Waals surface area contributed by atoms with Gasteiger partial charge < -0.3 is 14.7 Å². The van der Waals surface area contributed by atoms with Crippen LogP contribution in [0.15, 0.2) is 48.8 Å². The van der Waals surface area contributed by atoms with E-state index < -0.39 is 6.10 Å². The topological polar surface area (TPSA) is 71.4 Å². The van der Waals surface area contributed by atoms with Crippen LogP contribution in [0, 0.1) is 0 Å². The van der Waals surface area contributed by atoms with Gasteiger partial charge in [0.05, 0.1) is 18.2 Å². The molecule has 24 heavy (non-hydrogen) atoms. The Hall–Kier alpha value is -2.57. The number of aliphatic hydroxyl groups is 1. The lowest BCUT2D eigenvalue weighted by Gasteiger charge is -2.23. The maximum Gasteiger partial charge on any atom is 0.163 e. The van der Waals surface area contributed by atoms with Gasteiger partial charge in [0.25, 0.3) is 0 Å². The summed E-state index contributed by atoms with van der Waals surface area (Å²) in [5, 5.41) is 11.0. The molecule has 0 bridgehead atoms. The van der Waals surface area contributed by atoms with Crippen LogP contribution < -0.4 is 4.90 Å². The Labute approximate surface area is 140 Å². The SMILES string of the molecule is COCC(O)CN(C)c1nc(-c2cccnc2)nc2ccccc12. The average molecular weight is 324 g/mol. The molecule has 0 aliphatic rings. The smallest absolute Gasteiger partial charge is 0.163 e. The van der Waals surface area contributed by atoms with Crippen molar-refractivity contribution in [3.8, 4) is 11.4 Å². The fraction of sp³-hybridized carbons (Fsp3) is 0.278. The van der Waals surface area contributed by atoms with Crippen LogP contribution in [0.4, 0.5) is 5.82 Å². The number of fused-ring (bicyclic) bond motifs is 1. The number of hydrogen-bond donors (Lipinski definition) is 1. The number of ether oxygens (including phenoxy) is 1. The van der Waals surface area contributed by atoms with Crippen molar-refractivity contribution in [1.82, 2.24) is 15.0 Å². The minimum Gasteiger partial charge on any atom is -0.389 e. The standard InChI is InChI=1S/C18H20N4O2/c1-22(11-14(23)12-24-2)18-15-7-3-4-8-16(15)20-17(21-18)13-6-5-9-19-10-13/h3-10,14,23H,11-12H2,1-2H3. The molecule has 0 radical (unpaired) electrons. The fourth-order valence-corrected chi connectivity index (χ4v) is 2.62. The molecule has 1 unspecified atom stereocenters. The molecule has 0 fully saturated rings. The first-order valence-electron chi connectivity index (χ1n) is 7.74. The van der Waals surface area contributed by atoms with Crippen LogP contribution in [0.2, 0.25) is 0 Å². The minimum atomic E-state index is -0.587. The first-order chi connectivity index (χ1) is 11.7. The largest absolute Gasteiger partial charge is 0.389 e. The molecule has 1 atom stereocenters. The van der Waals surface area contributed by atoms with Crippen LogP contribution in [0.5, 0.6) is 0 Å². The zero-order valence-electron chi connectivity index (χ0n) is 13.8. The third-order valence-corrected chi connectivity index (χ3v) is 3.71. The van der Waals surface area contributed by atoms with Gasteiger partial charge in [0.1, 0.15) is 5.82 Å². The van der Waals surface area contributed by atoms with Crippen molar-refractivity contribution < 1.29 is 9.84 Å². The van der Waals surface area contributed by atoms with Gasteiger partial charge in [-0.25, -0.2) is 9.97 Å². The van der Waals surface area contributed by atoms with E-state index in [4.69, 9.17) is 9.72 Å². The predicted molar refractivity (Wildman–Crippen MR) is 93.9 cm³/mol. The van der Waals surface area contributed by atoms with Gasteiger partial charge in [-0.05, 0) is 24.3 Å². The van der Waals surface area contributed by atoms with Gasteiger partial charge in [0, 0.05) is 44.0 Å². The summed E-state index contributed by atoms with van der Waals surface area (Å²) in [6, 6.07) is 11.6. The number of benzene rings is 1. The number of para-hydroxylation sites is 1. The summed E-state index contributed by atoms with van der Waals surface area (Å²) in [6.07, 6.45) is 2.88. The first kappa shape index (κ1) is 16.3. The number of likely N-dealkylation sites (N-methyl/N-ethyl adjacent to an activating group) is 1. The van der Waals surface area contributed by atoms with E-state index in [-0.39, 0.29) is 6.61 Å². The molecular formula is C18H20N4O2. The zero-order chi connectivity index (χ0) is 16.9. The molecule has 0 saturated carbocycles. The van der Waals surface area contributed by atoms with Crippen LogP contribution in [0.3, 0.4) is 0 Å². The van der Waals surface area contributed by atoms with Crippen molar-refractivity contribution in [2.75, 3.05) is 32.2 Å². The highest BCUT2D eigenvalue weighted by molar-refractivity contribution is 5.90. The fourth-order valence-electron chi connectivity index (χ4n) is 2.62. The number of pyridine rings is 1. The normalized spacial score (nSPS) is 12.3. The third kappa shape index (κ3) is 3.50. The monoisotopic (exact) mass is 324 g/mol. The quantitative estimate of drug-likeness (QED) is 0.749. The number of hydrogen-bond acceptors (Lipinski definition) is 6. The van der Waals surface area contributed by atoms with Gasteiger partial charge in [0.15, 0.2) is 5.82 Å². The molecule has 6 nitrogen and oxygen atoms in total. The van der Waals surface area contributed by atoms with Crippen molar-refractivity contribution in [2.24, 2.45) is 0 Å². The molecule has 3 rings (SSSR count). The second-order valence-corrected chi connectivity index (χ2v) is 5.62. The number of nitrogens with zero attached hydrogens (tertiary/aromatic N) is 4. The summed E-state index contributed by atoms with van der Waals surface area (Å²) in [5.41, 5.74) is 1.71. The summed E-state index contributed by atoms with van der Waals surface area (Å²) < 4.78 is 5.00. The Morgan fingerprint density at radius 2 is 2.00 bits per heavy atom. The first-order valence-corrected chi connectivity index (χ1v) is 7.74. The number of rotatable bonds is 6. The Bertz CT molecular complexity index is 810. The van der Waals surface area contributed by atoms with E-state index in [1.54, 1.807) is 19.5 Å². The third-order valence-electron chi connectivity index (χ3n) is 3.71. The summed E-state index contributed by atoms with van der Waals surface area (Å²) in [4.78, 5) is 15.4. The summed E-state index contributed by atoms with van der Waals surface area (Å²) in [5.74, 6) is 1.39. The molecule has 2 aromatic heterocycles. The highest BCUT2D eigenvalue weighted by Gasteiger charge is 2.15. The summed E-state index contributed by atoms with van der Waals surface area (Å²) in [6.45, 7) is 0.699. The number of aromatic nitrogens is 3. The van der Waals surface area contributed by atoms with Crippen LogP contribution >= 0.6 is 0 Å². The Balaban J connectivity index is 2.05. The predicted octanol–water partition coefficient (Wildman–Crippen LogP) is 2.14. The van der Waals surface area contributed by atoms with Crippen molar-refractivity contribution >= 4 is 16.7 Å². The maximum absolute atomic E-state index is 10.0. The second-order valence-electron chi connectivity index (χ2n) is 5.62. The van der Waals surface area contributed by atoms with Gasteiger partial charge in [-0.15, -0.1) is 0 Å². The molecule has 0 saturated heterocycles. The Kier molecular flexibility index (Phi) is 4.98. The average Bonchev–Trinajstić information content (AvgIpc) is 2.61. The van der Waals surface area contributed by atoms with Gasteiger partial charge in [-0.1, -0.05) is 12.1 Å². The van der Waals surface area contributed by atoms with Crippen LogP contribution in [-0.2, 0) is 4.74 Å². The number of methoxy groups -OCH3 is 1. The van der Waals surface area contributed by atoms with Gasteiger partial charge in [-0.2, -0.15) is 0 Å². The lowest BCUT2D eigenvalue weighted by Crippen LogP contribution is -2.32. The molecule has 1 aromatic carbocycles. The lowest BCUT2D eigenvalue weighted by molar-refractivity contribution is 0.0694.